The molecule has 0 aromatic heterocycles. The molecule has 0 saturated heterocycles. The average molecular weight is 154 g/mol. The molecule has 0 fully saturated rings. The van der Waals surface area contributed by atoms with Crippen molar-refractivity contribution in [3.8, 4) is 0 Å². The van der Waals surface area contributed by atoms with Crippen LogP contribution in [0.1, 0.15) is 0 Å². The zero-order valence-corrected chi connectivity index (χ0v) is 6.54. The standard InChI is InChI=1S/C6H9N3.CH5N/c7-4-1-2-5(8)6(9)3-4;1-2/h1-3H,7-9H2;2H2,1H3. The molecule has 1 aromatic carbocycles. The minimum absolute atomic E-state index is 0.537. The molecule has 0 aliphatic carbocycles. The van der Waals surface area contributed by atoms with Gasteiger partial charge in [0.05, 0.1) is 11.4 Å². The summed E-state index contributed by atoms with van der Waals surface area (Å²) in [4.78, 5) is 0. The van der Waals surface area contributed by atoms with E-state index in [1.807, 2.05) is 0 Å². The summed E-state index contributed by atoms with van der Waals surface area (Å²) in [5.41, 5.74) is 22.5. The first-order valence-electron chi connectivity index (χ1n) is 3.18. The van der Waals surface area contributed by atoms with Crippen molar-refractivity contribution in [2.75, 3.05) is 24.2 Å². The Morgan fingerprint density at radius 2 is 1.45 bits per heavy atom. The Labute approximate surface area is 66.2 Å². The van der Waals surface area contributed by atoms with Gasteiger partial charge in [-0.2, -0.15) is 0 Å². The summed E-state index contributed by atoms with van der Waals surface area (Å²) in [5, 5.41) is 0. The molecule has 1 rings (SSSR count). The highest BCUT2D eigenvalue weighted by Crippen LogP contribution is 2.16. The van der Waals surface area contributed by atoms with E-state index in [-0.39, 0.29) is 0 Å². The Morgan fingerprint density at radius 1 is 0.909 bits per heavy atom. The van der Waals surface area contributed by atoms with Gasteiger partial charge in [0.2, 0.25) is 0 Å². The zero-order valence-electron chi connectivity index (χ0n) is 6.54. The van der Waals surface area contributed by atoms with Crippen molar-refractivity contribution in [2.24, 2.45) is 5.73 Å². The quantitative estimate of drug-likeness (QED) is 0.395. The summed E-state index contributed by atoms with van der Waals surface area (Å²) < 4.78 is 0. The SMILES string of the molecule is CN.Nc1ccc(N)c(N)c1. The van der Waals surface area contributed by atoms with Crippen LogP contribution >= 0.6 is 0 Å². The van der Waals surface area contributed by atoms with Gasteiger partial charge in [0.1, 0.15) is 0 Å². The maximum atomic E-state index is 5.42. The Morgan fingerprint density at radius 3 is 1.82 bits per heavy atom. The van der Waals surface area contributed by atoms with E-state index in [0.717, 1.165) is 0 Å². The highest BCUT2D eigenvalue weighted by Gasteiger charge is 1.90. The van der Waals surface area contributed by atoms with Gasteiger partial charge in [-0.05, 0) is 25.2 Å². The van der Waals surface area contributed by atoms with Gasteiger partial charge >= 0.3 is 0 Å². The normalized spacial score (nSPS) is 8.18. The molecular weight excluding hydrogens is 140 g/mol. The van der Waals surface area contributed by atoms with Crippen LogP contribution in [0.5, 0.6) is 0 Å². The van der Waals surface area contributed by atoms with Crippen LogP contribution in [0.3, 0.4) is 0 Å². The van der Waals surface area contributed by atoms with Gasteiger partial charge in [0.25, 0.3) is 0 Å². The predicted molar refractivity (Wildman–Crippen MR) is 49.8 cm³/mol. The number of hydrogen-bond donors (Lipinski definition) is 4. The van der Waals surface area contributed by atoms with Crippen molar-refractivity contribution in [1.82, 2.24) is 0 Å². The zero-order chi connectivity index (χ0) is 8.85. The van der Waals surface area contributed by atoms with Crippen molar-refractivity contribution in [2.45, 2.75) is 0 Å². The molecule has 8 N–H and O–H groups in total. The van der Waals surface area contributed by atoms with Gasteiger partial charge in [-0.1, -0.05) is 0 Å². The molecule has 0 radical (unpaired) electrons. The lowest BCUT2D eigenvalue weighted by atomic mass is 10.2. The Hall–Kier alpha value is -1.42. The van der Waals surface area contributed by atoms with Crippen molar-refractivity contribution in [3.63, 3.8) is 0 Å². The van der Waals surface area contributed by atoms with Crippen molar-refractivity contribution in [1.29, 1.82) is 0 Å². The molecule has 0 bridgehead atoms. The lowest BCUT2D eigenvalue weighted by Gasteiger charge is -1.98. The lowest BCUT2D eigenvalue weighted by molar-refractivity contribution is 1.48. The van der Waals surface area contributed by atoms with Gasteiger partial charge in [0, 0.05) is 5.69 Å². The molecule has 62 valence electrons. The summed E-state index contributed by atoms with van der Waals surface area (Å²) in [6.45, 7) is 0. The molecule has 0 amide bonds. The molecule has 0 heterocycles. The average Bonchev–Trinajstić information content (AvgIpc) is 2.02. The van der Waals surface area contributed by atoms with Gasteiger partial charge in [-0.15, -0.1) is 0 Å². The highest BCUT2D eigenvalue weighted by atomic mass is 14.7. The first-order valence-corrected chi connectivity index (χ1v) is 3.18. The monoisotopic (exact) mass is 154 g/mol. The van der Waals surface area contributed by atoms with E-state index in [4.69, 9.17) is 17.2 Å². The minimum atomic E-state index is 0.537. The molecule has 1 aromatic rings. The highest BCUT2D eigenvalue weighted by molar-refractivity contribution is 5.67. The van der Waals surface area contributed by atoms with Crippen LogP contribution in [-0.4, -0.2) is 7.05 Å². The number of rotatable bonds is 0. The molecular formula is C7H14N4. The third-order valence-electron chi connectivity index (χ3n) is 1.11. The Balaban J connectivity index is 0.000000461. The molecule has 4 nitrogen and oxygen atoms in total. The fraction of sp³-hybridized carbons (Fsp3) is 0.143. The molecule has 0 aliphatic heterocycles. The molecule has 0 unspecified atom stereocenters. The number of nitrogen functional groups attached to an aromatic ring is 3. The summed E-state index contributed by atoms with van der Waals surface area (Å²) >= 11 is 0. The summed E-state index contributed by atoms with van der Waals surface area (Å²) in [7, 11) is 1.50. The third kappa shape index (κ3) is 2.77. The fourth-order valence-electron chi connectivity index (χ4n) is 0.593. The largest absolute Gasteiger partial charge is 0.399 e. The molecule has 4 heteroatoms. The maximum Gasteiger partial charge on any atom is 0.0568 e. The predicted octanol–water partition coefficient (Wildman–Crippen LogP) is 0.00810. The van der Waals surface area contributed by atoms with E-state index in [9.17, 15) is 0 Å². The van der Waals surface area contributed by atoms with E-state index in [1.54, 1.807) is 18.2 Å². The Bertz CT molecular complexity index is 222. The first kappa shape index (κ1) is 9.58. The number of anilines is 3. The summed E-state index contributed by atoms with van der Waals surface area (Å²) in [6, 6.07) is 5.03. The Kier molecular flexibility index (Phi) is 3.84. The minimum Gasteiger partial charge on any atom is -0.399 e. The summed E-state index contributed by atoms with van der Waals surface area (Å²) in [6.07, 6.45) is 0. The van der Waals surface area contributed by atoms with Crippen LogP contribution in [-0.2, 0) is 0 Å². The van der Waals surface area contributed by atoms with Crippen LogP contribution in [0, 0.1) is 0 Å². The molecule has 0 atom stereocenters. The van der Waals surface area contributed by atoms with E-state index >= 15 is 0 Å². The van der Waals surface area contributed by atoms with Crippen molar-refractivity contribution in [3.05, 3.63) is 18.2 Å². The second-order valence-electron chi connectivity index (χ2n) is 1.89. The van der Waals surface area contributed by atoms with Crippen molar-refractivity contribution < 1.29 is 0 Å². The van der Waals surface area contributed by atoms with E-state index < -0.39 is 0 Å². The topological polar surface area (TPSA) is 104 Å². The maximum absolute atomic E-state index is 5.42. The second-order valence-corrected chi connectivity index (χ2v) is 1.89. The van der Waals surface area contributed by atoms with Gasteiger partial charge < -0.3 is 22.9 Å². The number of nitrogens with two attached hydrogens (primary N) is 4. The fourth-order valence-corrected chi connectivity index (χ4v) is 0.593. The van der Waals surface area contributed by atoms with Crippen LogP contribution < -0.4 is 22.9 Å². The van der Waals surface area contributed by atoms with Gasteiger partial charge in [-0.25, -0.2) is 0 Å². The van der Waals surface area contributed by atoms with E-state index in [0.29, 0.717) is 17.1 Å². The van der Waals surface area contributed by atoms with E-state index in [2.05, 4.69) is 5.73 Å². The van der Waals surface area contributed by atoms with E-state index in [1.165, 1.54) is 7.05 Å². The van der Waals surface area contributed by atoms with Crippen LogP contribution in [0.2, 0.25) is 0 Å². The number of benzene rings is 1. The van der Waals surface area contributed by atoms with Crippen molar-refractivity contribution >= 4 is 17.1 Å². The van der Waals surface area contributed by atoms with Gasteiger partial charge in [0.15, 0.2) is 0 Å². The first-order chi connectivity index (χ1) is 5.20. The molecule has 0 spiro atoms. The third-order valence-corrected chi connectivity index (χ3v) is 1.11. The smallest absolute Gasteiger partial charge is 0.0568 e. The number of hydrogen-bond acceptors (Lipinski definition) is 4. The van der Waals surface area contributed by atoms with Crippen LogP contribution in [0.15, 0.2) is 18.2 Å². The molecule has 0 saturated carbocycles. The van der Waals surface area contributed by atoms with Crippen LogP contribution in [0.25, 0.3) is 0 Å². The van der Waals surface area contributed by atoms with Crippen LogP contribution in [0.4, 0.5) is 17.1 Å². The van der Waals surface area contributed by atoms with Gasteiger partial charge in [-0.3, -0.25) is 0 Å². The second kappa shape index (κ2) is 4.40. The summed E-state index contributed by atoms with van der Waals surface area (Å²) in [5.74, 6) is 0. The molecule has 11 heavy (non-hydrogen) atoms. The molecule has 0 aliphatic rings. The lowest BCUT2D eigenvalue weighted by Crippen LogP contribution is -1.95.